The van der Waals surface area contributed by atoms with Crippen LogP contribution in [0.15, 0.2) is 0 Å². The first-order valence-corrected chi connectivity index (χ1v) is 6.78. The minimum atomic E-state index is -2.96. The van der Waals surface area contributed by atoms with Gasteiger partial charge in [-0.25, -0.2) is 12.7 Å². The monoisotopic (exact) mass is 225 g/mol. The fourth-order valence-corrected chi connectivity index (χ4v) is 3.12. The SMILES string of the molecule is CCS(=O)(=O)N1CCC(CCCl)C1. The van der Waals surface area contributed by atoms with Crippen molar-refractivity contribution in [3.05, 3.63) is 0 Å². The molecule has 0 aliphatic carbocycles. The maximum atomic E-state index is 11.4. The van der Waals surface area contributed by atoms with Gasteiger partial charge in [-0.1, -0.05) is 0 Å². The molecular formula is C8H16ClNO2S. The summed E-state index contributed by atoms with van der Waals surface area (Å²) in [5.74, 6) is 1.31. The van der Waals surface area contributed by atoms with E-state index in [-0.39, 0.29) is 5.75 Å². The average molecular weight is 226 g/mol. The third kappa shape index (κ3) is 2.82. The summed E-state index contributed by atoms with van der Waals surface area (Å²) in [7, 11) is -2.96. The van der Waals surface area contributed by atoms with Gasteiger partial charge in [-0.2, -0.15) is 0 Å². The van der Waals surface area contributed by atoms with Crippen LogP contribution in [0.3, 0.4) is 0 Å². The maximum absolute atomic E-state index is 11.4. The van der Waals surface area contributed by atoms with Gasteiger partial charge < -0.3 is 0 Å². The second-order valence-electron chi connectivity index (χ2n) is 3.39. The van der Waals surface area contributed by atoms with E-state index in [4.69, 9.17) is 11.6 Å². The molecule has 1 aliphatic rings. The van der Waals surface area contributed by atoms with Crippen molar-refractivity contribution in [3.63, 3.8) is 0 Å². The molecule has 0 bridgehead atoms. The molecule has 13 heavy (non-hydrogen) atoms. The minimum absolute atomic E-state index is 0.209. The summed E-state index contributed by atoms with van der Waals surface area (Å²) in [5.41, 5.74) is 0. The summed E-state index contributed by atoms with van der Waals surface area (Å²) in [4.78, 5) is 0. The first-order chi connectivity index (χ1) is 6.10. The van der Waals surface area contributed by atoms with Gasteiger partial charge in [-0.15, -0.1) is 11.6 Å². The Labute approximate surface area is 85.1 Å². The molecule has 0 aromatic heterocycles. The smallest absolute Gasteiger partial charge is 0.212 e. The Morgan fingerprint density at radius 2 is 2.23 bits per heavy atom. The average Bonchev–Trinajstić information content (AvgIpc) is 2.54. The third-order valence-electron chi connectivity index (χ3n) is 2.52. The van der Waals surface area contributed by atoms with Gasteiger partial charge in [0.1, 0.15) is 0 Å². The second kappa shape index (κ2) is 4.62. The van der Waals surface area contributed by atoms with Gasteiger partial charge in [0.2, 0.25) is 10.0 Å². The highest BCUT2D eigenvalue weighted by atomic mass is 35.5. The fraction of sp³-hybridized carbons (Fsp3) is 1.00. The van der Waals surface area contributed by atoms with E-state index in [1.165, 1.54) is 0 Å². The van der Waals surface area contributed by atoms with Gasteiger partial charge >= 0.3 is 0 Å². The van der Waals surface area contributed by atoms with Crippen LogP contribution in [0.4, 0.5) is 0 Å². The van der Waals surface area contributed by atoms with Crippen molar-refractivity contribution in [2.45, 2.75) is 19.8 Å². The molecule has 1 heterocycles. The van der Waals surface area contributed by atoms with E-state index in [2.05, 4.69) is 0 Å². The van der Waals surface area contributed by atoms with E-state index in [0.717, 1.165) is 12.8 Å². The van der Waals surface area contributed by atoms with Crippen molar-refractivity contribution >= 4 is 21.6 Å². The van der Waals surface area contributed by atoms with E-state index in [1.54, 1.807) is 11.2 Å². The Kier molecular flexibility index (Phi) is 4.01. The quantitative estimate of drug-likeness (QED) is 0.677. The Hall–Kier alpha value is 0.200. The van der Waals surface area contributed by atoms with Crippen molar-refractivity contribution in [2.24, 2.45) is 5.92 Å². The lowest BCUT2D eigenvalue weighted by Crippen LogP contribution is -2.30. The predicted octanol–water partition coefficient (Wildman–Crippen LogP) is 1.29. The molecule has 0 N–H and O–H groups in total. The standard InChI is InChI=1S/C8H16ClNO2S/c1-2-13(11,12)10-6-4-8(7-10)3-5-9/h8H,2-7H2,1H3. The number of sulfonamides is 1. The Bertz CT molecular complexity index is 253. The van der Waals surface area contributed by atoms with Crippen LogP contribution in [-0.4, -0.2) is 37.4 Å². The number of halogens is 1. The zero-order valence-corrected chi connectivity index (χ0v) is 9.44. The molecule has 0 amide bonds. The van der Waals surface area contributed by atoms with Crippen LogP contribution < -0.4 is 0 Å². The van der Waals surface area contributed by atoms with Crippen LogP contribution in [0.1, 0.15) is 19.8 Å². The third-order valence-corrected chi connectivity index (χ3v) is 4.59. The molecule has 1 atom stereocenters. The molecule has 5 heteroatoms. The normalized spacial score (nSPS) is 25.2. The molecule has 3 nitrogen and oxygen atoms in total. The first kappa shape index (κ1) is 11.3. The number of nitrogens with zero attached hydrogens (tertiary/aromatic N) is 1. The lowest BCUT2D eigenvalue weighted by atomic mass is 10.1. The van der Waals surface area contributed by atoms with E-state index in [9.17, 15) is 8.42 Å². The lowest BCUT2D eigenvalue weighted by Gasteiger charge is -2.14. The van der Waals surface area contributed by atoms with E-state index in [1.807, 2.05) is 0 Å². The van der Waals surface area contributed by atoms with Crippen molar-refractivity contribution in [3.8, 4) is 0 Å². The molecule has 0 aromatic rings. The number of alkyl halides is 1. The van der Waals surface area contributed by atoms with Gasteiger partial charge in [-0.05, 0) is 25.7 Å². The van der Waals surface area contributed by atoms with Gasteiger partial charge in [0.15, 0.2) is 0 Å². The molecule has 0 radical (unpaired) electrons. The van der Waals surface area contributed by atoms with E-state index < -0.39 is 10.0 Å². The Morgan fingerprint density at radius 1 is 1.54 bits per heavy atom. The highest BCUT2D eigenvalue weighted by molar-refractivity contribution is 7.89. The second-order valence-corrected chi connectivity index (χ2v) is 6.03. The fourth-order valence-electron chi connectivity index (χ4n) is 1.62. The van der Waals surface area contributed by atoms with Crippen LogP contribution in [0, 0.1) is 5.92 Å². The van der Waals surface area contributed by atoms with Crippen molar-refractivity contribution in [1.29, 1.82) is 0 Å². The molecule has 1 aliphatic heterocycles. The number of rotatable bonds is 4. The largest absolute Gasteiger partial charge is 0.213 e. The summed E-state index contributed by atoms with van der Waals surface area (Å²) in [6, 6.07) is 0. The summed E-state index contributed by atoms with van der Waals surface area (Å²) in [5, 5.41) is 0. The lowest BCUT2D eigenvalue weighted by molar-refractivity contribution is 0.454. The van der Waals surface area contributed by atoms with E-state index in [0.29, 0.717) is 24.9 Å². The maximum Gasteiger partial charge on any atom is 0.213 e. The van der Waals surface area contributed by atoms with Gasteiger partial charge in [0.25, 0.3) is 0 Å². The molecule has 1 unspecified atom stereocenters. The summed E-state index contributed by atoms with van der Waals surface area (Å²) in [6.07, 6.45) is 1.89. The molecular weight excluding hydrogens is 210 g/mol. The highest BCUT2D eigenvalue weighted by Crippen LogP contribution is 2.22. The predicted molar refractivity (Wildman–Crippen MR) is 54.5 cm³/mol. The molecule has 1 saturated heterocycles. The number of hydrogen-bond acceptors (Lipinski definition) is 2. The Morgan fingerprint density at radius 3 is 2.77 bits per heavy atom. The van der Waals surface area contributed by atoms with Crippen molar-refractivity contribution < 1.29 is 8.42 Å². The molecule has 0 aromatic carbocycles. The molecule has 1 fully saturated rings. The van der Waals surface area contributed by atoms with Gasteiger partial charge in [-0.3, -0.25) is 0 Å². The van der Waals surface area contributed by atoms with Crippen LogP contribution >= 0.6 is 11.6 Å². The molecule has 1 rings (SSSR count). The zero-order valence-electron chi connectivity index (χ0n) is 7.87. The zero-order chi connectivity index (χ0) is 9.90. The number of hydrogen-bond donors (Lipinski definition) is 0. The minimum Gasteiger partial charge on any atom is -0.212 e. The van der Waals surface area contributed by atoms with Gasteiger partial charge in [0, 0.05) is 19.0 Å². The molecule has 0 spiro atoms. The summed E-state index contributed by atoms with van der Waals surface area (Å²) >= 11 is 5.61. The van der Waals surface area contributed by atoms with Crippen LogP contribution in [0.5, 0.6) is 0 Å². The van der Waals surface area contributed by atoms with Crippen LogP contribution in [0.2, 0.25) is 0 Å². The highest BCUT2D eigenvalue weighted by Gasteiger charge is 2.29. The van der Waals surface area contributed by atoms with Crippen molar-refractivity contribution in [1.82, 2.24) is 4.31 Å². The van der Waals surface area contributed by atoms with Crippen molar-refractivity contribution in [2.75, 3.05) is 24.7 Å². The summed E-state index contributed by atoms with van der Waals surface area (Å²) in [6.45, 7) is 3.03. The topological polar surface area (TPSA) is 37.4 Å². The first-order valence-electron chi connectivity index (χ1n) is 4.64. The van der Waals surface area contributed by atoms with Crippen LogP contribution in [-0.2, 0) is 10.0 Å². The van der Waals surface area contributed by atoms with E-state index >= 15 is 0 Å². The van der Waals surface area contributed by atoms with Gasteiger partial charge in [0.05, 0.1) is 5.75 Å². The summed E-state index contributed by atoms with van der Waals surface area (Å²) < 4.78 is 24.5. The van der Waals surface area contributed by atoms with Crippen LogP contribution in [0.25, 0.3) is 0 Å². The molecule has 0 saturated carbocycles. The Balaban J connectivity index is 2.50. The molecule has 78 valence electrons.